The summed E-state index contributed by atoms with van der Waals surface area (Å²) in [6.45, 7) is -0.0749. The number of aryl methyl sites for hydroxylation is 2. The number of hydrogen-bond donors (Lipinski definition) is 4. The molecule has 0 atom stereocenters. The van der Waals surface area contributed by atoms with E-state index in [1.54, 1.807) is 6.07 Å². The average Bonchev–Trinajstić information content (AvgIpc) is 3.25. The van der Waals surface area contributed by atoms with Crippen molar-refractivity contribution in [1.82, 2.24) is 9.44 Å². The molecule has 4 N–H and O–H groups in total. The summed E-state index contributed by atoms with van der Waals surface area (Å²) in [5.74, 6) is -0.719. The SMILES string of the molecule is O=C1CN(c2ccc(CCCNS(=O)(=O)CC3CCCCC3)cc2O)S(=O)(=O)N1.O=S(=O)(O)CCc1cccc2ccccc12. The van der Waals surface area contributed by atoms with Gasteiger partial charge in [-0.1, -0.05) is 67.8 Å². The molecule has 0 bridgehead atoms. The zero-order valence-corrected chi connectivity index (χ0v) is 27.2. The first kappa shape index (κ1) is 34.6. The van der Waals surface area contributed by atoms with E-state index in [0.717, 1.165) is 51.9 Å². The van der Waals surface area contributed by atoms with E-state index in [0.29, 0.717) is 25.8 Å². The Labute approximate surface area is 264 Å². The maximum absolute atomic E-state index is 12.2. The van der Waals surface area contributed by atoms with E-state index >= 15 is 0 Å². The highest BCUT2D eigenvalue weighted by atomic mass is 32.2. The Kier molecular flexibility index (Phi) is 11.5. The van der Waals surface area contributed by atoms with Crippen molar-refractivity contribution >= 4 is 52.7 Å². The second kappa shape index (κ2) is 14.9. The van der Waals surface area contributed by atoms with Crippen molar-refractivity contribution in [2.75, 3.05) is 28.9 Å². The lowest BCUT2D eigenvalue weighted by atomic mass is 9.91. The molecule has 1 aliphatic heterocycles. The van der Waals surface area contributed by atoms with Gasteiger partial charge in [-0.15, -0.1) is 0 Å². The van der Waals surface area contributed by atoms with Crippen LogP contribution in [-0.4, -0.2) is 65.4 Å². The van der Waals surface area contributed by atoms with Gasteiger partial charge in [0, 0.05) is 6.54 Å². The first-order chi connectivity index (χ1) is 21.2. The van der Waals surface area contributed by atoms with Crippen molar-refractivity contribution < 1.29 is 39.7 Å². The van der Waals surface area contributed by atoms with Gasteiger partial charge >= 0.3 is 10.2 Å². The van der Waals surface area contributed by atoms with E-state index in [-0.39, 0.29) is 35.4 Å². The number of amides is 1. The minimum Gasteiger partial charge on any atom is -0.506 e. The van der Waals surface area contributed by atoms with Crippen molar-refractivity contribution in [3.8, 4) is 5.75 Å². The number of nitrogens with one attached hydrogen (secondary N) is 2. The van der Waals surface area contributed by atoms with Crippen LogP contribution in [0.3, 0.4) is 0 Å². The largest absolute Gasteiger partial charge is 0.506 e. The molecule has 1 heterocycles. The molecule has 5 rings (SSSR count). The van der Waals surface area contributed by atoms with Crippen molar-refractivity contribution in [2.45, 2.75) is 51.4 Å². The van der Waals surface area contributed by atoms with Crippen LogP contribution in [0.4, 0.5) is 5.69 Å². The number of hydrogen-bond acceptors (Lipinski definition) is 8. The van der Waals surface area contributed by atoms with Gasteiger partial charge in [0.1, 0.15) is 12.3 Å². The predicted octanol–water partition coefficient (Wildman–Crippen LogP) is 3.28. The standard InChI is InChI=1S/C18H27N3O6S2.C12H12O3S/c22-17-11-14(8-9-16(17)21-12-18(23)20-29(21,26)27)7-4-10-19-28(24,25)13-15-5-2-1-3-6-15;13-16(14,15)9-8-11-6-3-5-10-4-1-2-7-12(10)11/h8-9,11,15,19,22H,1-7,10,12-13H2,(H,20,23);1-7H,8-9H2,(H,13,14,15). The van der Waals surface area contributed by atoms with Crippen LogP contribution < -0.4 is 13.7 Å². The third-order valence-corrected chi connectivity index (χ3v) is 11.4. The number of phenols is 1. The predicted molar refractivity (Wildman–Crippen MR) is 173 cm³/mol. The van der Waals surface area contributed by atoms with E-state index < -0.39 is 36.3 Å². The molecule has 1 saturated heterocycles. The van der Waals surface area contributed by atoms with Crippen LogP contribution in [0, 0.1) is 5.92 Å². The minimum atomic E-state index is -3.98. The van der Waals surface area contributed by atoms with Gasteiger partial charge in [-0.05, 0) is 72.1 Å². The number of benzene rings is 3. The summed E-state index contributed by atoms with van der Waals surface area (Å²) >= 11 is 0. The smallest absolute Gasteiger partial charge is 0.326 e. The number of aromatic hydroxyl groups is 1. The Hall–Kier alpha value is -3.24. The lowest BCUT2D eigenvalue weighted by molar-refractivity contribution is -0.117. The number of carbonyl (C=O) groups excluding carboxylic acids is 1. The van der Waals surface area contributed by atoms with E-state index in [9.17, 15) is 35.2 Å². The second-order valence-electron chi connectivity index (χ2n) is 11.3. The third kappa shape index (κ3) is 10.4. The van der Waals surface area contributed by atoms with Crippen LogP contribution in [0.2, 0.25) is 0 Å². The lowest BCUT2D eigenvalue weighted by Gasteiger charge is -2.21. The maximum Gasteiger partial charge on any atom is 0.326 e. The van der Waals surface area contributed by atoms with Crippen LogP contribution in [-0.2, 0) is 48.0 Å². The molecule has 3 aromatic rings. The van der Waals surface area contributed by atoms with Crippen LogP contribution in [0.1, 0.15) is 49.7 Å². The molecule has 0 unspecified atom stereocenters. The molecule has 246 valence electrons. The van der Waals surface area contributed by atoms with Crippen LogP contribution in [0.15, 0.2) is 60.7 Å². The molecule has 3 aromatic carbocycles. The molecule has 1 aliphatic carbocycles. The molecule has 15 heteroatoms. The Morgan fingerprint density at radius 1 is 0.933 bits per heavy atom. The van der Waals surface area contributed by atoms with Gasteiger partial charge in [0.15, 0.2) is 0 Å². The number of carbonyl (C=O) groups is 1. The summed E-state index contributed by atoms with van der Waals surface area (Å²) in [5.41, 5.74) is 1.71. The van der Waals surface area contributed by atoms with Gasteiger partial charge in [-0.3, -0.25) is 9.35 Å². The van der Waals surface area contributed by atoms with Gasteiger partial charge in [-0.2, -0.15) is 16.8 Å². The number of nitrogens with zero attached hydrogens (tertiary/aromatic N) is 1. The summed E-state index contributed by atoms with van der Waals surface area (Å²) in [6, 6.07) is 18.1. The molecule has 12 nitrogen and oxygen atoms in total. The van der Waals surface area contributed by atoms with Gasteiger partial charge in [0.25, 0.3) is 16.0 Å². The quantitative estimate of drug-likeness (QED) is 0.174. The highest BCUT2D eigenvalue weighted by molar-refractivity contribution is 7.92. The topological polar surface area (TPSA) is 187 Å². The zero-order valence-electron chi connectivity index (χ0n) is 24.8. The van der Waals surface area contributed by atoms with Crippen LogP contribution in [0.25, 0.3) is 10.8 Å². The molecule has 0 aromatic heterocycles. The zero-order chi connectivity index (χ0) is 32.7. The minimum absolute atomic E-state index is 0.0280. The highest BCUT2D eigenvalue weighted by Crippen LogP contribution is 2.31. The molecule has 0 spiro atoms. The van der Waals surface area contributed by atoms with Crippen molar-refractivity contribution in [1.29, 1.82) is 0 Å². The van der Waals surface area contributed by atoms with Gasteiger partial charge in [-0.25, -0.2) is 22.2 Å². The normalized spacial score (nSPS) is 17.1. The molecule has 0 radical (unpaired) electrons. The van der Waals surface area contributed by atoms with Gasteiger partial charge in [0.2, 0.25) is 10.0 Å². The van der Waals surface area contributed by atoms with Crippen molar-refractivity contribution in [3.05, 3.63) is 71.8 Å². The fraction of sp³-hybridized carbons (Fsp3) is 0.433. The number of fused-ring (bicyclic) bond motifs is 1. The summed E-state index contributed by atoms with van der Waals surface area (Å²) in [6.07, 6.45) is 6.73. The van der Waals surface area contributed by atoms with Crippen molar-refractivity contribution in [3.63, 3.8) is 0 Å². The molecular formula is C30H39N3O9S3. The Balaban J connectivity index is 0.000000242. The Morgan fingerprint density at radius 3 is 2.31 bits per heavy atom. The summed E-state index contributed by atoms with van der Waals surface area (Å²) < 4.78 is 83.6. The molecule has 1 saturated carbocycles. The maximum atomic E-state index is 12.2. The number of rotatable bonds is 11. The Morgan fingerprint density at radius 2 is 1.64 bits per heavy atom. The average molecular weight is 682 g/mol. The van der Waals surface area contributed by atoms with Crippen molar-refractivity contribution in [2.24, 2.45) is 5.92 Å². The Bertz CT molecular complexity index is 1820. The summed E-state index contributed by atoms with van der Waals surface area (Å²) in [5, 5.41) is 12.3. The third-order valence-electron chi connectivity index (χ3n) is 7.78. The summed E-state index contributed by atoms with van der Waals surface area (Å²) in [4.78, 5) is 11.3. The summed E-state index contributed by atoms with van der Waals surface area (Å²) in [7, 11) is -11.2. The van der Waals surface area contributed by atoms with E-state index in [2.05, 4.69) is 4.72 Å². The fourth-order valence-corrected chi connectivity index (χ4v) is 8.76. The van der Waals surface area contributed by atoms with Crippen LogP contribution >= 0.6 is 0 Å². The molecule has 45 heavy (non-hydrogen) atoms. The lowest BCUT2D eigenvalue weighted by Crippen LogP contribution is -2.31. The monoisotopic (exact) mass is 681 g/mol. The van der Waals surface area contributed by atoms with E-state index in [1.807, 2.05) is 47.2 Å². The highest BCUT2D eigenvalue weighted by Gasteiger charge is 2.35. The molecular weight excluding hydrogens is 643 g/mol. The van der Waals surface area contributed by atoms with Gasteiger partial charge < -0.3 is 5.11 Å². The first-order valence-electron chi connectivity index (χ1n) is 14.8. The van der Waals surface area contributed by atoms with E-state index in [1.165, 1.54) is 18.6 Å². The molecule has 2 fully saturated rings. The van der Waals surface area contributed by atoms with Gasteiger partial charge in [0.05, 0.1) is 17.2 Å². The first-order valence-corrected chi connectivity index (χ1v) is 19.5. The number of sulfonamides is 1. The number of anilines is 1. The van der Waals surface area contributed by atoms with E-state index in [4.69, 9.17) is 4.55 Å². The fourth-order valence-electron chi connectivity index (χ4n) is 5.59. The second-order valence-corrected chi connectivity index (χ2v) is 16.3. The number of phenolic OH excluding ortho intramolecular Hbond substituents is 1. The molecule has 1 amide bonds. The molecule has 2 aliphatic rings. The van der Waals surface area contributed by atoms with Crippen LogP contribution in [0.5, 0.6) is 5.75 Å².